The quantitative estimate of drug-likeness (QED) is 0.607. The van der Waals surface area contributed by atoms with Crippen molar-refractivity contribution in [2.75, 3.05) is 13.6 Å². The molecule has 2 N–H and O–H groups in total. The lowest BCUT2D eigenvalue weighted by atomic mass is 9.86. The van der Waals surface area contributed by atoms with Crippen molar-refractivity contribution in [2.24, 2.45) is 0 Å². The molecule has 0 saturated carbocycles. The van der Waals surface area contributed by atoms with Gasteiger partial charge in [-0.05, 0) is 52.3 Å². The van der Waals surface area contributed by atoms with Gasteiger partial charge in [0.1, 0.15) is 6.17 Å². The first-order valence-electron chi connectivity index (χ1n) is 9.68. The van der Waals surface area contributed by atoms with Crippen LogP contribution in [0.1, 0.15) is 38.3 Å². The molecule has 2 rings (SSSR count). The number of rotatable bonds is 7. The van der Waals surface area contributed by atoms with Gasteiger partial charge in [0.25, 0.3) is 0 Å². The molecule has 0 amide bonds. The molecule has 0 spiro atoms. The first-order valence-corrected chi connectivity index (χ1v) is 10.1. The molecule has 0 aromatic heterocycles. The molecule has 1 aromatic carbocycles. The second kappa shape index (κ2) is 9.83. The molecule has 0 aliphatic heterocycles. The molecule has 1 unspecified atom stereocenters. The molecule has 0 saturated heterocycles. The summed E-state index contributed by atoms with van der Waals surface area (Å²) in [7, 11) is 1.78. The van der Waals surface area contributed by atoms with Gasteiger partial charge in [-0.1, -0.05) is 69.9 Å². The molecule has 1 aliphatic carbocycles. The van der Waals surface area contributed by atoms with E-state index in [2.05, 4.69) is 62.2 Å². The molecule has 1 aliphatic rings. The summed E-state index contributed by atoms with van der Waals surface area (Å²) in [5.74, 6) is 0. The molecule has 2 nitrogen and oxygen atoms in total. The third-order valence-corrected chi connectivity index (χ3v) is 5.14. The zero-order valence-electron chi connectivity index (χ0n) is 17.3. The Bertz CT molecular complexity index is 795. The number of likely N-dealkylation sites (N-methyl/N-ethyl adjacent to an activating group) is 1. The molecule has 0 radical (unpaired) electrons. The van der Waals surface area contributed by atoms with Gasteiger partial charge < -0.3 is 10.6 Å². The smallest absolute Gasteiger partial charge is 0.139 e. The largest absolute Gasteiger partial charge is 0.388 e. The van der Waals surface area contributed by atoms with Crippen LogP contribution in [0.15, 0.2) is 72.0 Å². The fraction of sp³-hybridized carbons (Fsp3) is 0.375. The number of thiocarbonyl (C=S) groups is 1. The SMILES string of the molecule is C=CC1=CC(CNC(=S)CCc2ccc(C(C)(C)C)cc2)=CC(F)C=C1NC. The van der Waals surface area contributed by atoms with Crippen molar-refractivity contribution in [1.82, 2.24) is 10.6 Å². The van der Waals surface area contributed by atoms with E-state index < -0.39 is 6.17 Å². The molecule has 1 aromatic rings. The first kappa shape index (κ1) is 22.1. The van der Waals surface area contributed by atoms with Crippen LogP contribution in [0.5, 0.6) is 0 Å². The minimum absolute atomic E-state index is 0.163. The average molecular weight is 399 g/mol. The van der Waals surface area contributed by atoms with Crippen LogP contribution < -0.4 is 10.6 Å². The average Bonchev–Trinajstić information content (AvgIpc) is 2.82. The topological polar surface area (TPSA) is 24.1 Å². The van der Waals surface area contributed by atoms with Gasteiger partial charge in [0, 0.05) is 25.7 Å². The van der Waals surface area contributed by atoms with Gasteiger partial charge in [-0.15, -0.1) is 0 Å². The molecule has 1 atom stereocenters. The molecule has 28 heavy (non-hydrogen) atoms. The Labute approximate surface area is 174 Å². The summed E-state index contributed by atoms with van der Waals surface area (Å²) in [5, 5.41) is 6.27. The van der Waals surface area contributed by atoms with Crippen LogP contribution in [0.25, 0.3) is 0 Å². The van der Waals surface area contributed by atoms with Gasteiger partial charge >= 0.3 is 0 Å². The van der Waals surface area contributed by atoms with Crippen LogP contribution in [-0.2, 0) is 11.8 Å². The van der Waals surface area contributed by atoms with Gasteiger partial charge in [0.05, 0.1) is 4.99 Å². The Morgan fingerprint density at radius 3 is 2.46 bits per heavy atom. The zero-order chi connectivity index (χ0) is 20.7. The van der Waals surface area contributed by atoms with Crippen LogP contribution in [0.4, 0.5) is 4.39 Å². The Morgan fingerprint density at radius 2 is 1.89 bits per heavy atom. The van der Waals surface area contributed by atoms with E-state index in [4.69, 9.17) is 12.2 Å². The molecule has 0 heterocycles. The van der Waals surface area contributed by atoms with Crippen molar-refractivity contribution in [3.05, 3.63) is 83.1 Å². The van der Waals surface area contributed by atoms with Gasteiger partial charge in [-0.2, -0.15) is 0 Å². The van der Waals surface area contributed by atoms with E-state index in [1.807, 2.05) is 6.08 Å². The number of alkyl halides is 1. The lowest BCUT2D eigenvalue weighted by Crippen LogP contribution is -2.24. The monoisotopic (exact) mass is 398 g/mol. The second-order valence-electron chi connectivity index (χ2n) is 8.04. The number of hydrogen-bond acceptors (Lipinski definition) is 2. The van der Waals surface area contributed by atoms with Gasteiger partial charge in [0.15, 0.2) is 0 Å². The van der Waals surface area contributed by atoms with Gasteiger partial charge in [-0.25, -0.2) is 4.39 Å². The fourth-order valence-corrected chi connectivity index (χ4v) is 3.23. The van der Waals surface area contributed by atoms with E-state index in [0.717, 1.165) is 34.7 Å². The molecular weight excluding hydrogens is 367 g/mol. The summed E-state index contributed by atoms with van der Waals surface area (Å²) in [4.78, 5) is 0.788. The summed E-state index contributed by atoms with van der Waals surface area (Å²) < 4.78 is 14.1. The van der Waals surface area contributed by atoms with Crippen molar-refractivity contribution in [3.63, 3.8) is 0 Å². The number of aryl methyl sites for hydroxylation is 1. The minimum Gasteiger partial charge on any atom is -0.388 e. The van der Waals surface area contributed by atoms with Crippen LogP contribution in [0.2, 0.25) is 0 Å². The number of benzene rings is 1. The van der Waals surface area contributed by atoms with E-state index in [1.165, 1.54) is 11.1 Å². The Morgan fingerprint density at radius 1 is 1.21 bits per heavy atom. The molecular formula is C24H31FN2S. The predicted molar refractivity (Wildman–Crippen MR) is 122 cm³/mol. The van der Waals surface area contributed by atoms with E-state index in [-0.39, 0.29) is 5.41 Å². The third kappa shape index (κ3) is 6.45. The van der Waals surface area contributed by atoms with Crippen LogP contribution in [-0.4, -0.2) is 24.8 Å². The molecule has 0 fully saturated rings. The van der Waals surface area contributed by atoms with Crippen LogP contribution >= 0.6 is 12.2 Å². The maximum absolute atomic E-state index is 14.1. The highest BCUT2D eigenvalue weighted by molar-refractivity contribution is 7.80. The molecule has 0 bridgehead atoms. The van der Waals surface area contributed by atoms with Gasteiger partial charge in [0.2, 0.25) is 0 Å². The first-order chi connectivity index (χ1) is 13.2. The highest BCUT2D eigenvalue weighted by Crippen LogP contribution is 2.22. The summed E-state index contributed by atoms with van der Waals surface area (Å²) in [5.41, 5.74) is 5.25. The summed E-state index contributed by atoms with van der Waals surface area (Å²) >= 11 is 5.48. The van der Waals surface area contributed by atoms with Crippen LogP contribution in [0.3, 0.4) is 0 Å². The van der Waals surface area contributed by atoms with E-state index in [1.54, 1.807) is 25.3 Å². The summed E-state index contributed by atoms with van der Waals surface area (Å²) in [6.07, 6.45) is 7.36. The summed E-state index contributed by atoms with van der Waals surface area (Å²) in [6, 6.07) is 8.73. The summed E-state index contributed by atoms with van der Waals surface area (Å²) in [6.45, 7) is 11.0. The lowest BCUT2D eigenvalue weighted by Gasteiger charge is -2.19. The van der Waals surface area contributed by atoms with Crippen LogP contribution in [0, 0.1) is 0 Å². The normalized spacial score (nSPS) is 17.0. The zero-order valence-corrected chi connectivity index (χ0v) is 18.1. The number of nitrogens with one attached hydrogen (secondary N) is 2. The Balaban J connectivity index is 1.89. The lowest BCUT2D eigenvalue weighted by molar-refractivity contribution is 0.465. The Hall–Kier alpha value is -2.20. The van der Waals surface area contributed by atoms with E-state index in [9.17, 15) is 4.39 Å². The third-order valence-electron chi connectivity index (χ3n) is 4.79. The van der Waals surface area contributed by atoms with Crippen molar-refractivity contribution in [1.29, 1.82) is 0 Å². The van der Waals surface area contributed by atoms with Crippen molar-refractivity contribution in [2.45, 2.75) is 45.2 Å². The fourth-order valence-electron chi connectivity index (χ4n) is 3.06. The molecule has 4 heteroatoms. The highest BCUT2D eigenvalue weighted by Gasteiger charge is 2.13. The predicted octanol–water partition coefficient (Wildman–Crippen LogP) is 5.33. The van der Waals surface area contributed by atoms with Gasteiger partial charge in [-0.3, -0.25) is 0 Å². The minimum atomic E-state index is -1.14. The van der Waals surface area contributed by atoms with Crippen molar-refractivity contribution >= 4 is 17.2 Å². The maximum Gasteiger partial charge on any atom is 0.139 e. The highest BCUT2D eigenvalue weighted by atomic mass is 32.1. The second-order valence-corrected chi connectivity index (χ2v) is 8.54. The van der Waals surface area contributed by atoms with Crippen molar-refractivity contribution < 1.29 is 4.39 Å². The number of hydrogen-bond donors (Lipinski definition) is 2. The maximum atomic E-state index is 14.1. The standard InChI is InChI=1S/C24H31FN2S/c1-6-19-13-18(14-21(25)15-22(19)26-5)16-27-23(28)12-9-17-7-10-20(11-8-17)24(2,3)4/h6-8,10-11,13-15,21,26H,1,9,12,16H2,2-5H3,(H,27,28). The Kier molecular flexibility index (Phi) is 7.76. The van der Waals surface area contributed by atoms with E-state index in [0.29, 0.717) is 6.54 Å². The molecule has 150 valence electrons. The van der Waals surface area contributed by atoms with Crippen molar-refractivity contribution in [3.8, 4) is 0 Å². The number of allylic oxidation sites excluding steroid dienone is 3. The number of halogens is 1. The van der Waals surface area contributed by atoms with E-state index >= 15 is 0 Å².